The fourth-order valence-electron chi connectivity index (χ4n) is 2.55. The largest absolute Gasteiger partial charge is 0.369 e. The van der Waals surface area contributed by atoms with Gasteiger partial charge in [0.05, 0.1) is 30.9 Å². The first kappa shape index (κ1) is 13.8. The van der Waals surface area contributed by atoms with Gasteiger partial charge >= 0.3 is 0 Å². The van der Waals surface area contributed by atoms with Gasteiger partial charge in [0.15, 0.2) is 0 Å². The van der Waals surface area contributed by atoms with Crippen LogP contribution in [0.5, 0.6) is 0 Å². The van der Waals surface area contributed by atoms with E-state index in [1.807, 2.05) is 12.5 Å². The molecule has 0 saturated carbocycles. The highest BCUT2D eigenvalue weighted by Gasteiger charge is 2.21. The number of benzene rings is 1. The zero-order chi connectivity index (χ0) is 13.9. The standard InChI is InChI=1S/C15H18BrN3O/c1-11(12-2-4-13(16)5-3-12)19-10-18-8-14(19)15-9-17-6-7-20-15/h2-5,8,10-11,15,17H,6-7,9H2,1H3. The highest BCUT2D eigenvalue weighted by Crippen LogP contribution is 2.26. The summed E-state index contributed by atoms with van der Waals surface area (Å²) in [5.41, 5.74) is 2.39. The van der Waals surface area contributed by atoms with Crippen molar-refractivity contribution in [3.05, 3.63) is 52.5 Å². The van der Waals surface area contributed by atoms with E-state index in [4.69, 9.17) is 4.74 Å². The van der Waals surface area contributed by atoms with Crippen LogP contribution in [0.4, 0.5) is 0 Å². The fourth-order valence-corrected chi connectivity index (χ4v) is 2.81. The number of rotatable bonds is 3. The Morgan fingerprint density at radius 1 is 1.40 bits per heavy atom. The molecule has 1 aliphatic rings. The predicted octanol–water partition coefficient (Wildman–Crippen LogP) is 2.92. The Hall–Kier alpha value is -1.17. The van der Waals surface area contributed by atoms with Crippen molar-refractivity contribution in [1.29, 1.82) is 0 Å². The lowest BCUT2D eigenvalue weighted by molar-refractivity contribution is 0.0224. The van der Waals surface area contributed by atoms with E-state index in [0.717, 1.165) is 29.9 Å². The summed E-state index contributed by atoms with van der Waals surface area (Å²) in [7, 11) is 0. The SMILES string of the molecule is CC(c1ccc(Br)cc1)n1cncc1C1CNCCO1. The molecule has 1 N–H and O–H groups in total. The Kier molecular flexibility index (Phi) is 4.19. The maximum Gasteiger partial charge on any atom is 0.111 e. The van der Waals surface area contributed by atoms with Crippen molar-refractivity contribution in [3.63, 3.8) is 0 Å². The van der Waals surface area contributed by atoms with Crippen LogP contribution in [0.1, 0.15) is 30.3 Å². The molecule has 106 valence electrons. The van der Waals surface area contributed by atoms with E-state index in [1.165, 1.54) is 5.56 Å². The number of hydrogen-bond acceptors (Lipinski definition) is 3. The van der Waals surface area contributed by atoms with Crippen LogP contribution in [0.3, 0.4) is 0 Å². The fraction of sp³-hybridized carbons (Fsp3) is 0.400. The zero-order valence-corrected chi connectivity index (χ0v) is 13.0. The van der Waals surface area contributed by atoms with Gasteiger partial charge in [-0.15, -0.1) is 0 Å². The quantitative estimate of drug-likeness (QED) is 0.937. The normalized spacial score (nSPS) is 20.8. The van der Waals surface area contributed by atoms with Crippen LogP contribution >= 0.6 is 15.9 Å². The molecule has 3 rings (SSSR count). The average molecular weight is 336 g/mol. The number of halogens is 1. The second kappa shape index (κ2) is 6.08. The van der Waals surface area contributed by atoms with Gasteiger partial charge in [-0.1, -0.05) is 28.1 Å². The van der Waals surface area contributed by atoms with Crippen molar-refractivity contribution in [2.75, 3.05) is 19.7 Å². The van der Waals surface area contributed by atoms with Crippen molar-refractivity contribution in [1.82, 2.24) is 14.9 Å². The summed E-state index contributed by atoms with van der Waals surface area (Å²) in [6.07, 6.45) is 3.89. The second-order valence-electron chi connectivity index (χ2n) is 5.02. The van der Waals surface area contributed by atoms with Crippen molar-refractivity contribution in [2.45, 2.75) is 19.1 Å². The lowest BCUT2D eigenvalue weighted by Gasteiger charge is -2.26. The third-order valence-corrected chi connectivity index (χ3v) is 4.25. The molecule has 5 heteroatoms. The molecular weight excluding hydrogens is 318 g/mol. The Morgan fingerprint density at radius 3 is 2.90 bits per heavy atom. The Balaban J connectivity index is 1.86. The van der Waals surface area contributed by atoms with Crippen LogP contribution in [-0.2, 0) is 4.74 Å². The van der Waals surface area contributed by atoms with Gasteiger partial charge in [0.25, 0.3) is 0 Å². The molecule has 2 unspecified atom stereocenters. The molecule has 4 nitrogen and oxygen atoms in total. The molecule has 0 bridgehead atoms. The number of ether oxygens (including phenoxy) is 1. The summed E-state index contributed by atoms with van der Waals surface area (Å²) in [5.74, 6) is 0. The number of nitrogens with zero attached hydrogens (tertiary/aromatic N) is 2. The highest BCUT2D eigenvalue weighted by atomic mass is 79.9. The minimum atomic E-state index is 0.0872. The first-order valence-corrected chi connectivity index (χ1v) is 7.64. The maximum atomic E-state index is 5.84. The summed E-state index contributed by atoms with van der Waals surface area (Å²) in [6.45, 7) is 4.71. The van der Waals surface area contributed by atoms with Gasteiger partial charge in [-0.2, -0.15) is 0 Å². The van der Waals surface area contributed by atoms with E-state index in [0.29, 0.717) is 0 Å². The van der Waals surface area contributed by atoms with Crippen LogP contribution in [0.2, 0.25) is 0 Å². The Morgan fingerprint density at radius 2 is 2.20 bits per heavy atom. The minimum absolute atomic E-state index is 0.0872. The molecule has 20 heavy (non-hydrogen) atoms. The molecule has 1 fully saturated rings. The summed E-state index contributed by atoms with van der Waals surface area (Å²) in [4.78, 5) is 4.31. The molecule has 2 heterocycles. The van der Waals surface area contributed by atoms with Crippen molar-refractivity contribution < 1.29 is 4.74 Å². The van der Waals surface area contributed by atoms with Crippen molar-refractivity contribution in [2.24, 2.45) is 0 Å². The van der Waals surface area contributed by atoms with Gasteiger partial charge in [-0.05, 0) is 24.6 Å². The summed E-state index contributed by atoms with van der Waals surface area (Å²) in [5, 5.41) is 3.36. The van der Waals surface area contributed by atoms with Crippen molar-refractivity contribution in [3.8, 4) is 0 Å². The number of imidazole rings is 1. The van der Waals surface area contributed by atoms with Crippen LogP contribution in [0, 0.1) is 0 Å². The van der Waals surface area contributed by atoms with Crippen LogP contribution in [-0.4, -0.2) is 29.2 Å². The lowest BCUT2D eigenvalue weighted by Crippen LogP contribution is -2.34. The van der Waals surface area contributed by atoms with E-state index < -0.39 is 0 Å². The monoisotopic (exact) mass is 335 g/mol. The molecular formula is C15H18BrN3O. The zero-order valence-electron chi connectivity index (χ0n) is 11.4. The molecule has 2 atom stereocenters. The number of morpholine rings is 1. The van der Waals surface area contributed by atoms with E-state index in [9.17, 15) is 0 Å². The van der Waals surface area contributed by atoms with Gasteiger partial charge in [-0.3, -0.25) is 0 Å². The van der Waals surface area contributed by atoms with E-state index in [1.54, 1.807) is 0 Å². The summed E-state index contributed by atoms with van der Waals surface area (Å²) >= 11 is 3.47. The molecule has 0 radical (unpaired) electrons. The lowest BCUT2D eigenvalue weighted by atomic mass is 10.1. The van der Waals surface area contributed by atoms with E-state index in [-0.39, 0.29) is 12.1 Å². The Labute approximate surface area is 127 Å². The van der Waals surface area contributed by atoms with E-state index in [2.05, 4.69) is 62.0 Å². The van der Waals surface area contributed by atoms with Crippen LogP contribution < -0.4 is 5.32 Å². The molecule has 0 amide bonds. The average Bonchev–Trinajstić information content (AvgIpc) is 2.97. The van der Waals surface area contributed by atoms with Gasteiger partial charge in [0.2, 0.25) is 0 Å². The topological polar surface area (TPSA) is 39.1 Å². The van der Waals surface area contributed by atoms with Crippen molar-refractivity contribution >= 4 is 15.9 Å². The first-order valence-electron chi connectivity index (χ1n) is 6.85. The minimum Gasteiger partial charge on any atom is -0.369 e. The molecule has 1 aromatic carbocycles. The predicted molar refractivity (Wildman–Crippen MR) is 81.7 cm³/mol. The smallest absolute Gasteiger partial charge is 0.111 e. The number of hydrogen-bond donors (Lipinski definition) is 1. The molecule has 1 aliphatic heterocycles. The summed E-state index contributed by atoms with van der Waals surface area (Å²) in [6, 6.07) is 8.66. The highest BCUT2D eigenvalue weighted by molar-refractivity contribution is 9.10. The van der Waals surface area contributed by atoms with Crippen LogP contribution in [0.25, 0.3) is 0 Å². The Bertz CT molecular complexity index is 561. The maximum absolute atomic E-state index is 5.84. The molecule has 2 aromatic rings. The summed E-state index contributed by atoms with van der Waals surface area (Å²) < 4.78 is 9.13. The first-order chi connectivity index (χ1) is 9.75. The van der Waals surface area contributed by atoms with E-state index >= 15 is 0 Å². The third kappa shape index (κ3) is 2.80. The number of aromatic nitrogens is 2. The van der Waals surface area contributed by atoms with Gasteiger partial charge < -0.3 is 14.6 Å². The number of nitrogens with one attached hydrogen (secondary N) is 1. The third-order valence-electron chi connectivity index (χ3n) is 3.72. The van der Waals surface area contributed by atoms with Crippen LogP contribution in [0.15, 0.2) is 41.3 Å². The van der Waals surface area contributed by atoms with Gasteiger partial charge in [0.1, 0.15) is 6.10 Å². The molecule has 0 spiro atoms. The van der Waals surface area contributed by atoms with Gasteiger partial charge in [0, 0.05) is 17.6 Å². The molecule has 0 aliphatic carbocycles. The van der Waals surface area contributed by atoms with Gasteiger partial charge in [-0.25, -0.2) is 4.98 Å². The molecule has 1 aromatic heterocycles. The second-order valence-corrected chi connectivity index (χ2v) is 5.93. The molecule has 1 saturated heterocycles.